The molecular weight excluding hydrogens is 368 g/mol. The number of amides is 1. The maximum absolute atomic E-state index is 12.2. The van der Waals surface area contributed by atoms with Gasteiger partial charge in [-0.3, -0.25) is 14.3 Å². The van der Waals surface area contributed by atoms with Crippen molar-refractivity contribution in [3.63, 3.8) is 0 Å². The number of thiazole rings is 1. The van der Waals surface area contributed by atoms with Crippen molar-refractivity contribution in [2.45, 2.75) is 25.5 Å². The van der Waals surface area contributed by atoms with Crippen molar-refractivity contribution in [3.8, 4) is 11.4 Å². The van der Waals surface area contributed by atoms with E-state index < -0.39 is 0 Å². The molecule has 0 aliphatic heterocycles. The van der Waals surface area contributed by atoms with E-state index in [9.17, 15) is 4.79 Å². The number of allylic oxidation sites excluding steroid dienone is 1. The zero-order valence-electron chi connectivity index (χ0n) is 14.5. The molecule has 0 spiro atoms. The van der Waals surface area contributed by atoms with E-state index in [0.717, 1.165) is 22.0 Å². The zero-order valence-corrected chi connectivity index (χ0v) is 16.1. The summed E-state index contributed by atoms with van der Waals surface area (Å²) >= 11 is 2.80. The van der Waals surface area contributed by atoms with Gasteiger partial charge < -0.3 is 5.32 Å². The number of hydrogen-bond donors (Lipinski definition) is 1. The molecule has 7 nitrogen and oxygen atoms in total. The second-order valence-corrected chi connectivity index (χ2v) is 7.58. The fourth-order valence-corrected chi connectivity index (χ4v) is 3.79. The fraction of sp³-hybridized carbons (Fsp3) is 0.235. The zero-order chi connectivity index (χ0) is 18.5. The van der Waals surface area contributed by atoms with Gasteiger partial charge in [0, 0.05) is 29.4 Å². The van der Waals surface area contributed by atoms with Gasteiger partial charge in [-0.2, -0.15) is 0 Å². The van der Waals surface area contributed by atoms with Gasteiger partial charge in [-0.1, -0.05) is 17.8 Å². The number of hydrogen-bond acceptors (Lipinski definition) is 7. The van der Waals surface area contributed by atoms with Crippen LogP contribution in [-0.4, -0.2) is 36.4 Å². The molecule has 3 heterocycles. The number of aromatic nitrogens is 5. The Morgan fingerprint density at radius 3 is 2.77 bits per heavy atom. The van der Waals surface area contributed by atoms with Crippen molar-refractivity contribution >= 4 is 34.1 Å². The second-order valence-electron chi connectivity index (χ2n) is 5.44. The molecule has 0 atom stereocenters. The van der Waals surface area contributed by atoms with Gasteiger partial charge in [0.05, 0.1) is 11.4 Å². The molecule has 9 heteroatoms. The first-order chi connectivity index (χ1) is 12.6. The summed E-state index contributed by atoms with van der Waals surface area (Å²) in [7, 11) is 0. The van der Waals surface area contributed by atoms with E-state index >= 15 is 0 Å². The first-order valence-corrected chi connectivity index (χ1v) is 9.70. The van der Waals surface area contributed by atoms with Crippen LogP contribution in [0.2, 0.25) is 0 Å². The highest BCUT2D eigenvalue weighted by Crippen LogP contribution is 2.25. The Balaban J connectivity index is 1.70. The number of thioether (sulfide) groups is 1. The maximum atomic E-state index is 12.2. The van der Waals surface area contributed by atoms with Gasteiger partial charge in [-0.25, -0.2) is 4.98 Å². The van der Waals surface area contributed by atoms with E-state index in [2.05, 4.69) is 32.1 Å². The number of aryl methyl sites for hydroxylation is 2. The summed E-state index contributed by atoms with van der Waals surface area (Å²) in [4.78, 5) is 21.6. The van der Waals surface area contributed by atoms with Gasteiger partial charge in [0.2, 0.25) is 5.91 Å². The van der Waals surface area contributed by atoms with Gasteiger partial charge in [-0.05, 0) is 26.0 Å². The highest BCUT2D eigenvalue weighted by Gasteiger charge is 2.15. The molecule has 0 aromatic carbocycles. The van der Waals surface area contributed by atoms with Crippen LogP contribution >= 0.6 is 23.1 Å². The van der Waals surface area contributed by atoms with Crippen LogP contribution in [0.15, 0.2) is 42.3 Å². The quantitative estimate of drug-likeness (QED) is 0.495. The van der Waals surface area contributed by atoms with Crippen molar-refractivity contribution in [3.05, 3.63) is 47.8 Å². The third-order valence-corrected chi connectivity index (χ3v) is 5.53. The van der Waals surface area contributed by atoms with Crippen LogP contribution in [-0.2, 0) is 11.3 Å². The molecule has 0 fully saturated rings. The van der Waals surface area contributed by atoms with Crippen LogP contribution in [0.5, 0.6) is 0 Å². The minimum absolute atomic E-state index is 0.123. The van der Waals surface area contributed by atoms with Crippen LogP contribution in [0.25, 0.3) is 11.4 Å². The summed E-state index contributed by atoms with van der Waals surface area (Å²) in [6, 6.07) is 3.75. The monoisotopic (exact) mass is 386 g/mol. The van der Waals surface area contributed by atoms with Gasteiger partial charge in [0.15, 0.2) is 16.1 Å². The SMILES string of the molecule is C=CCn1c(SCC(=O)Nc2nc(C)c(C)s2)nnc1-c1ccncc1. The summed E-state index contributed by atoms with van der Waals surface area (Å²) in [5, 5.41) is 12.6. The Kier molecular flexibility index (Phi) is 5.79. The maximum Gasteiger partial charge on any atom is 0.236 e. The number of pyridine rings is 1. The molecule has 1 amide bonds. The smallest absolute Gasteiger partial charge is 0.236 e. The first kappa shape index (κ1) is 18.3. The number of nitrogens with one attached hydrogen (secondary N) is 1. The molecule has 0 aliphatic rings. The Morgan fingerprint density at radius 2 is 2.12 bits per heavy atom. The number of carbonyl (C=O) groups is 1. The molecule has 3 aromatic rings. The molecular formula is C17H18N6OS2. The molecule has 0 aliphatic carbocycles. The van der Waals surface area contributed by atoms with Crippen molar-refractivity contribution in [1.82, 2.24) is 24.7 Å². The molecule has 0 radical (unpaired) electrons. The van der Waals surface area contributed by atoms with Gasteiger partial charge in [0.1, 0.15) is 0 Å². The lowest BCUT2D eigenvalue weighted by Gasteiger charge is -2.07. The van der Waals surface area contributed by atoms with Crippen molar-refractivity contribution in [1.29, 1.82) is 0 Å². The molecule has 1 N–H and O–H groups in total. The highest BCUT2D eigenvalue weighted by molar-refractivity contribution is 7.99. The van der Waals surface area contributed by atoms with E-state index in [-0.39, 0.29) is 11.7 Å². The van der Waals surface area contributed by atoms with E-state index in [0.29, 0.717) is 16.8 Å². The normalized spacial score (nSPS) is 10.7. The Hall–Kier alpha value is -2.52. The summed E-state index contributed by atoms with van der Waals surface area (Å²) in [5.41, 5.74) is 1.85. The molecule has 3 aromatic heterocycles. The predicted octanol–water partition coefficient (Wildman–Crippen LogP) is 3.33. The summed E-state index contributed by atoms with van der Waals surface area (Å²) in [6.07, 6.45) is 5.19. The molecule has 3 rings (SSSR count). The van der Waals surface area contributed by atoms with Gasteiger partial charge in [-0.15, -0.1) is 28.1 Å². The van der Waals surface area contributed by atoms with Crippen molar-refractivity contribution < 1.29 is 4.79 Å². The highest BCUT2D eigenvalue weighted by atomic mass is 32.2. The largest absolute Gasteiger partial charge is 0.301 e. The van der Waals surface area contributed by atoms with E-state index in [4.69, 9.17) is 0 Å². The molecule has 26 heavy (non-hydrogen) atoms. The van der Waals surface area contributed by atoms with Gasteiger partial charge >= 0.3 is 0 Å². The van der Waals surface area contributed by atoms with Crippen LogP contribution in [0.3, 0.4) is 0 Å². The van der Waals surface area contributed by atoms with Crippen LogP contribution in [0.4, 0.5) is 5.13 Å². The predicted molar refractivity (Wildman–Crippen MR) is 104 cm³/mol. The van der Waals surface area contributed by atoms with E-state index in [1.54, 1.807) is 18.5 Å². The molecule has 134 valence electrons. The van der Waals surface area contributed by atoms with Crippen LogP contribution < -0.4 is 5.32 Å². The number of rotatable bonds is 7. The average Bonchev–Trinajstić information content (AvgIpc) is 3.17. The van der Waals surface area contributed by atoms with Crippen LogP contribution in [0, 0.1) is 13.8 Å². The lowest BCUT2D eigenvalue weighted by Crippen LogP contribution is -2.14. The van der Waals surface area contributed by atoms with Crippen LogP contribution in [0.1, 0.15) is 10.6 Å². The minimum atomic E-state index is -0.123. The fourth-order valence-electron chi connectivity index (χ4n) is 2.22. The Bertz CT molecular complexity index is 899. The first-order valence-electron chi connectivity index (χ1n) is 7.89. The Labute approximate surface area is 159 Å². The standard InChI is InChI=1S/C17H18N6OS2/c1-4-9-23-15(13-5-7-18-8-6-13)21-22-17(23)25-10-14(24)20-16-19-11(2)12(3)26-16/h4-8H,1,9-10H2,2-3H3,(H,19,20,24). The average molecular weight is 387 g/mol. The molecule has 0 saturated carbocycles. The lowest BCUT2D eigenvalue weighted by molar-refractivity contribution is -0.113. The van der Waals surface area contributed by atoms with E-state index in [1.165, 1.54) is 23.1 Å². The number of anilines is 1. The topological polar surface area (TPSA) is 85.6 Å². The summed E-state index contributed by atoms with van der Waals surface area (Å²) < 4.78 is 1.93. The summed E-state index contributed by atoms with van der Waals surface area (Å²) in [5.74, 6) is 0.826. The van der Waals surface area contributed by atoms with Crippen molar-refractivity contribution in [2.24, 2.45) is 0 Å². The molecule has 0 unspecified atom stereocenters. The summed E-state index contributed by atoms with van der Waals surface area (Å²) in [6.45, 7) is 8.25. The third-order valence-electron chi connectivity index (χ3n) is 3.57. The number of nitrogens with zero attached hydrogens (tertiary/aromatic N) is 5. The Morgan fingerprint density at radius 1 is 1.35 bits per heavy atom. The lowest BCUT2D eigenvalue weighted by atomic mass is 10.2. The number of carbonyl (C=O) groups excluding carboxylic acids is 1. The van der Waals surface area contributed by atoms with Gasteiger partial charge in [0.25, 0.3) is 0 Å². The molecule has 0 saturated heterocycles. The van der Waals surface area contributed by atoms with E-state index in [1.807, 2.05) is 30.5 Å². The molecule has 0 bridgehead atoms. The minimum Gasteiger partial charge on any atom is -0.301 e. The third kappa shape index (κ3) is 4.17. The van der Waals surface area contributed by atoms with Crippen molar-refractivity contribution in [2.75, 3.05) is 11.1 Å². The second kappa shape index (κ2) is 8.24.